The van der Waals surface area contributed by atoms with Crippen molar-refractivity contribution >= 4 is 16.0 Å². The summed E-state index contributed by atoms with van der Waals surface area (Å²) in [7, 11) is -3.12. The smallest absolute Gasteiger partial charge is 0.211 e. The molecule has 0 aromatic heterocycles. The predicted octanol–water partition coefficient (Wildman–Crippen LogP) is 0.618. The second-order valence-electron chi connectivity index (χ2n) is 7.23. The normalized spacial score (nSPS) is 17.9. The van der Waals surface area contributed by atoms with Gasteiger partial charge in [-0.25, -0.2) is 13.1 Å². The first-order valence-corrected chi connectivity index (χ1v) is 11.8. The fourth-order valence-electron chi connectivity index (χ4n) is 2.99. The highest BCUT2D eigenvalue weighted by atomic mass is 32.2. The van der Waals surface area contributed by atoms with Gasteiger partial charge >= 0.3 is 0 Å². The molecule has 1 aliphatic heterocycles. The number of aliphatic imine (C=N–C) groups is 1. The molecule has 1 atom stereocenters. The van der Waals surface area contributed by atoms with E-state index in [1.54, 1.807) is 6.92 Å². The number of guanidine groups is 1. The third-order valence-corrected chi connectivity index (χ3v) is 5.86. The number of nitrogens with zero attached hydrogens (tertiary/aromatic N) is 2. The zero-order valence-electron chi connectivity index (χ0n) is 17.5. The van der Waals surface area contributed by atoms with Crippen molar-refractivity contribution < 1.29 is 13.2 Å². The van der Waals surface area contributed by atoms with Crippen molar-refractivity contribution in [2.75, 3.05) is 58.2 Å². The number of hydrogen-bond acceptors (Lipinski definition) is 5. The summed E-state index contributed by atoms with van der Waals surface area (Å²) in [5.74, 6) is 1.52. The lowest BCUT2D eigenvalue weighted by Crippen LogP contribution is -2.46. The van der Waals surface area contributed by atoms with E-state index >= 15 is 0 Å². The van der Waals surface area contributed by atoms with Gasteiger partial charge in [0.15, 0.2) is 5.96 Å². The van der Waals surface area contributed by atoms with Crippen molar-refractivity contribution in [1.82, 2.24) is 20.3 Å². The van der Waals surface area contributed by atoms with Crippen LogP contribution in [-0.4, -0.2) is 83.6 Å². The molecule has 0 radical (unpaired) electrons. The summed E-state index contributed by atoms with van der Waals surface area (Å²) in [5, 5.41) is 6.57. The zero-order chi connectivity index (χ0) is 20.1. The molecule has 0 saturated carbocycles. The Balaban J connectivity index is 2.50. The number of ether oxygens (including phenoxy) is 1. The molecule has 0 aliphatic carbocycles. The Hall–Kier alpha value is -0.900. The summed E-state index contributed by atoms with van der Waals surface area (Å²) in [6.07, 6.45) is 1.82. The van der Waals surface area contributed by atoms with Gasteiger partial charge in [0.25, 0.3) is 0 Å². The second kappa shape index (κ2) is 13.3. The van der Waals surface area contributed by atoms with E-state index in [0.29, 0.717) is 31.5 Å². The summed E-state index contributed by atoms with van der Waals surface area (Å²) in [5.41, 5.74) is 0. The minimum absolute atomic E-state index is 0.114. The van der Waals surface area contributed by atoms with Crippen LogP contribution in [0.25, 0.3) is 0 Å². The Kier molecular flexibility index (Phi) is 11.9. The standard InChI is InChI=1S/C18H39N5O3S/c1-5-19-18(20-8-7-9-22-27(24,25)6-2)21-15-17(14-16(3)4)23-10-12-26-13-11-23/h16-17,22H,5-15H2,1-4H3,(H2,19,20,21). The van der Waals surface area contributed by atoms with Gasteiger partial charge in [-0.3, -0.25) is 9.89 Å². The van der Waals surface area contributed by atoms with Crippen molar-refractivity contribution in [3.63, 3.8) is 0 Å². The van der Waals surface area contributed by atoms with Crippen LogP contribution >= 0.6 is 0 Å². The highest BCUT2D eigenvalue weighted by molar-refractivity contribution is 7.89. The van der Waals surface area contributed by atoms with Gasteiger partial charge in [-0.05, 0) is 32.6 Å². The maximum Gasteiger partial charge on any atom is 0.211 e. The lowest BCUT2D eigenvalue weighted by molar-refractivity contribution is 0.0143. The topological polar surface area (TPSA) is 95.1 Å². The van der Waals surface area contributed by atoms with E-state index < -0.39 is 10.0 Å². The largest absolute Gasteiger partial charge is 0.379 e. The first kappa shape index (κ1) is 24.1. The monoisotopic (exact) mass is 405 g/mol. The van der Waals surface area contributed by atoms with Crippen LogP contribution in [-0.2, 0) is 14.8 Å². The average molecular weight is 406 g/mol. The van der Waals surface area contributed by atoms with E-state index in [1.165, 1.54) is 0 Å². The van der Waals surface area contributed by atoms with Gasteiger partial charge in [-0.1, -0.05) is 13.8 Å². The molecule has 1 rings (SSSR count). The van der Waals surface area contributed by atoms with E-state index in [1.807, 2.05) is 6.92 Å². The van der Waals surface area contributed by atoms with Gasteiger partial charge in [0.2, 0.25) is 10.0 Å². The van der Waals surface area contributed by atoms with Crippen LogP contribution < -0.4 is 15.4 Å². The molecule has 0 amide bonds. The van der Waals surface area contributed by atoms with Gasteiger partial charge in [-0.2, -0.15) is 0 Å². The molecule has 0 bridgehead atoms. The third-order valence-electron chi connectivity index (χ3n) is 4.46. The van der Waals surface area contributed by atoms with Crippen LogP contribution in [0.3, 0.4) is 0 Å². The van der Waals surface area contributed by atoms with Crippen molar-refractivity contribution in [3.8, 4) is 0 Å². The van der Waals surface area contributed by atoms with Crippen LogP contribution in [0.4, 0.5) is 0 Å². The van der Waals surface area contributed by atoms with Crippen LogP contribution in [0.5, 0.6) is 0 Å². The number of rotatable bonds is 12. The summed E-state index contributed by atoms with van der Waals surface area (Å²) in [6, 6.07) is 0.417. The van der Waals surface area contributed by atoms with Crippen molar-refractivity contribution in [2.24, 2.45) is 10.9 Å². The highest BCUT2D eigenvalue weighted by Gasteiger charge is 2.21. The molecule has 9 heteroatoms. The summed E-state index contributed by atoms with van der Waals surface area (Å²) < 4.78 is 30.9. The van der Waals surface area contributed by atoms with Gasteiger partial charge < -0.3 is 15.4 Å². The van der Waals surface area contributed by atoms with Crippen molar-refractivity contribution in [2.45, 2.75) is 46.6 Å². The quantitative estimate of drug-likeness (QED) is 0.250. The molecular weight excluding hydrogens is 366 g/mol. The van der Waals surface area contributed by atoms with E-state index in [4.69, 9.17) is 9.73 Å². The first-order valence-electron chi connectivity index (χ1n) is 10.2. The van der Waals surface area contributed by atoms with Crippen LogP contribution in [0.1, 0.15) is 40.5 Å². The number of nitrogens with one attached hydrogen (secondary N) is 3. The number of hydrogen-bond donors (Lipinski definition) is 3. The fourth-order valence-corrected chi connectivity index (χ4v) is 3.65. The second-order valence-corrected chi connectivity index (χ2v) is 9.32. The van der Waals surface area contributed by atoms with Crippen LogP contribution in [0, 0.1) is 5.92 Å². The van der Waals surface area contributed by atoms with Crippen LogP contribution in [0.15, 0.2) is 4.99 Å². The van der Waals surface area contributed by atoms with Gasteiger partial charge in [0.05, 0.1) is 25.5 Å². The number of sulfonamides is 1. The molecular formula is C18H39N5O3S. The van der Waals surface area contributed by atoms with E-state index in [2.05, 4.69) is 34.1 Å². The molecule has 1 aliphatic rings. The van der Waals surface area contributed by atoms with Crippen molar-refractivity contribution in [3.05, 3.63) is 0 Å². The number of morpholine rings is 1. The molecule has 0 aromatic carbocycles. The first-order chi connectivity index (χ1) is 12.9. The average Bonchev–Trinajstić information content (AvgIpc) is 2.65. The Labute approximate surface area is 165 Å². The lowest BCUT2D eigenvalue weighted by atomic mass is 10.0. The molecule has 1 fully saturated rings. The Morgan fingerprint density at radius 2 is 1.85 bits per heavy atom. The molecule has 3 N–H and O–H groups in total. The Morgan fingerprint density at radius 3 is 2.44 bits per heavy atom. The summed E-state index contributed by atoms with van der Waals surface area (Å²) in [4.78, 5) is 7.26. The minimum Gasteiger partial charge on any atom is -0.379 e. The van der Waals surface area contributed by atoms with Gasteiger partial charge in [-0.15, -0.1) is 0 Å². The molecule has 8 nitrogen and oxygen atoms in total. The molecule has 0 spiro atoms. The zero-order valence-corrected chi connectivity index (χ0v) is 18.3. The maximum atomic E-state index is 11.4. The molecule has 160 valence electrons. The van der Waals surface area contributed by atoms with Crippen molar-refractivity contribution in [1.29, 1.82) is 0 Å². The van der Waals surface area contributed by atoms with Crippen LogP contribution in [0.2, 0.25) is 0 Å². The minimum atomic E-state index is -3.12. The van der Waals surface area contributed by atoms with Gasteiger partial charge in [0.1, 0.15) is 0 Å². The molecule has 1 heterocycles. The Morgan fingerprint density at radius 1 is 1.15 bits per heavy atom. The highest BCUT2D eigenvalue weighted by Crippen LogP contribution is 2.14. The SMILES string of the molecule is CCNC(=NCC(CC(C)C)N1CCOCC1)NCCCNS(=O)(=O)CC. The van der Waals surface area contributed by atoms with Gasteiger partial charge in [0, 0.05) is 38.8 Å². The maximum absolute atomic E-state index is 11.4. The van der Waals surface area contributed by atoms with E-state index in [0.717, 1.165) is 51.8 Å². The molecule has 1 unspecified atom stereocenters. The van der Waals surface area contributed by atoms with E-state index in [-0.39, 0.29) is 5.75 Å². The third kappa shape index (κ3) is 10.9. The summed E-state index contributed by atoms with van der Waals surface area (Å²) in [6.45, 7) is 14.3. The fraction of sp³-hybridized carbons (Fsp3) is 0.944. The Bertz CT molecular complexity index is 519. The molecule has 27 heavy (non-hydrogen) atoms. The molecule has 1 saturated heterocycles. The summed E-state index contributed by atoms with van der Waals surface area (Å²) >= 11 is 0. The molecule has 0 aromatic rings. The van der Waals surface area contributed by atoms with E-state index in [9.17, 15) is 8.42 Å². The lowest BCUT2D eigenvalue weighted by Gasteiger charge is -2.34. The predicted molar refractivity (Wildman–Crippen MR) is 112 cm³/mol.